The Hall–Kier alpha value is -4.39. The van der Waals surface area contributed by atoms with Crippen LogP contribution in [0.2, 0.25) is 0 Å². The number of rotatable bonds is 8. The molecule has 2 unspecified atom stereocenters. The van der Waals surface area contributed by atoms with Crippen molar-refractivity contribution >= 4 is 28.0 Å². The van der Waals surface area contributed by atoms with E-state index in [4.69, 9.17) is 4.74 Å². The van der Waals surface area contributed by atoms with E-state index in [1.54, 1.807) is 30.5 Å². The number of fused-ring (bicyclic) bond motifs is 4. The topological polar surface area (TPSA) is 83.6 Å². The first-order chi connectivity index (χ1) is 21.3. The molecule has 4 heterocycles. The van der Waals surface area contributed by atoms with Gasteiger partial charge in [-0.25, -0.2) is 0 Å². The van der Waals surface area contributed by atoms with Gasteiger partial charge in [0.15, 0.2) is 0 Å². The number of alkyl halides is 6. The third-order valence-electron chi connectivity index (χ3n) is 8.92. The van der Waals surface area contributed by atoms with Gasteiger partial charge < -0.3 is 15.4 Å². The molecule has 236 valence electrons. The highest BCUT2D eigenvalue weighted by Gasteiger charge is 2.44. The molecule has 0 amide bonds. The zero-order chi connectivity index (χ0) is 32.3. The molecule has 7 rings (SSSR count). The number of benzene rings is 2. The monoisotopic (exact) mass is 630 g/mol. The average Bonchev–Trinajstić information content (AvgIpc) is 3.03. The molecular weight excluding hydrogens is 602 g/mol. The number of pyridine rings is 1. The maximum absolute atomic E-state index is 13.5. The average molecular weight is 631 g/mol. The Morgan fingerprint density at radius 2 is 1.69 bits per heavy atom. The fourth-order valence-electron chi connectivity index (χ4n) is 6.63. The number of hydrogen-bond donors (Lipinski definition) is 2. The third kappa shape index (κ3) is 5.65. The van der Waals surface area contributed by atoms with Crippen LogP contribution in [0.25, 0.3) is 10.9 Å². The molecule has 3 aliphatic rings. The Labute approximate surface area is 253 Å². The fourth-order valence-corrected chi connectivity index (χ4v) is 6.63. The summed E-state index contributed by atoms with van der Waals surface area (Å²) in [6, 6.07) is 7.29. The number of methoxy groups -OCH3 is 1. The van der Waals surface area contributed by atoms with E-state index in [0.717, 1.165) is 36.9 Å². The van der Waals surface area contributed by atoms with E-state index in [9.17, 15) is 35.9 Å². The van der Waals surface area contributed by atoms with Crippen LogP contribution in [0, 0.1) is 11.8 Å². The molecule has 2 N–H and O–H groups in total. The molecule has 3 aromatic carbocycles. The summed E-state index contributed by atoms with van der Waals surface area (Å²) < 4.78 is 86.4. The van der Waals surface area contributed by atoms with Crippen LogP contribution in [0.15, 0.2) is 70.9 Å². The van der Waals surface area contributed by atoms with Crippen molar-refractivity contribution in [2.45, 2.75) is 37.3 Å². The zero-order valence-corrected chi connectivity index (χ0v) is 23.9. The van der Waals surface area contributed by atoms with Gasteiger partial charge in [-0.05, 0) is 79.3 Å². The van der Waals surface area contributed by atoms with Crippen molar-refractivity contribution in [1.29, 1.82) is 0 Å². The van der Waals surface area contributed by atoms with Crippen molar-refractivity contribution < 1.29 is 31.1 Å². The minimum absolute atomic E-state index is 0.00556. The van der Waals surface area contributed by atoms with Gasteiger partial charge >= 0.3 is 12.4 Å². The van der Waals surface area contributed by atoms with Gasteiger partial charge in [-0.15, -0.1) is 6.58 Å². The second kappa shape index (κ2) is 11.2. The number of halogens is 6. The molecular formula is C32H28F6N4O3. The van der Waals surface area contributed by atoms with Crippen molar-refractivity contribution in [1.82, 2.24) is 9.88 Å². The molecule has 0 spiro atoms. The van der Waals surface area contributed by atoms with E-state index in [-0.39, 0.29) is 23.7 Å². The van der Waals surface area contributed by atoms with E-state index >= 15 is 0 Å². The highest BCUT2D eigenvalue weighted by molar-refractivity contribution is 5.85. The van der Waals surface area contributed by atoms with Gasteiger partial charge in [0.2, 0.25) is 0 Å². The number of anilines is 3. The van der Waals surface area contributed by atoms with Crippen molar-refractivity contribution in [3.63, 3.8) is 0 Å². The summed E-state index contributed by atoms with van der Waals surface area (Å²) in [7, 11) is 1.52. The van der Waals surface area contributed by atoms with Gasteiger partial charge in [0.1, 0.15) is 17.1 Å². The Balaban J connectivity index is 1.43. The molecule has 13 heteroatoms. The maximum Gasteiger partial charge on any atom is 0.416 e. The molecule has 0 aliphatic carbocycles. The number of ether oxygens (including phenoxy) is 1. The van der Waals surface area contributed by atoms with E-state index in [1.165, 1.54) is 7.11 Å². The van der Waals surface area contributed by atoms with E-state index < -0.39 is 51.8 Å². The smallest absolute Gasteiger partial charge is 0.416 e. The number of nitrogens with zero attached hydrogens (tertiary/aromatic N) is 2. The first-order valence-corrected chi connectivity index (χ1v) is 14.2. The van der Waals surface area contributed by atoms with Crippen LogP contribution in [0.5, 0.6) is 5.75 Å². The molecule has 3 fully saturated rings. The summed E-state index contributed by atoms with van der Waals surface area (Å²) in [4.78, 5) is 32.4. The van der Waals surface area contributed by atoms with Crippen LogP contribution in [0.3, 0.4) is 0 Å². The lowest BCUT2D eigenvalue weighted by Gasteiger charge is -2.52. The molecule has 0 saturated carbocycles. The number of piperidine rings is 3. The predicted octanol–water partition coefficient (Wildman–Crippen LogP) is 6.67. The highest BCUT2D eigenvalue weighted by atomic mass is 19.4. The van der Waals surface area contributed by atoms with Crippen LogP contribution in [-0.4, -0.2) is 36.1 Å². The van der Waals surface area contributed by atoms with Gasteiger partial charge in [-0.3, -0.25) is 19.5 Å². The molecule has 5 atom stereocenters. The minimum atomic E-state index is -5.08. The number of hydrogen-bond acceptors (Lipinski definition) is 7. The van der Waals surface area contributed by atoms with Crippen LogP contribution in [-0.2, 0) is 12.4 Å². The fraction of sp³-hybridized carbons (Fsp3) is 0.344. The van der Waals surface area contributed by atoms with E-state index in [0.29, 0.717) is 29.3 Å². The van der Waals surface area contributed by atoms with Crippen LogP contribution in [0.4, 0.5) is 43.4 Å². The quantitative estimate of drug-likeness (QED) is 0.128. The summed E-state index contributed by atoms with van der Waals surface area (Å²) in [6.45, 7) is 5.48. The maximum atomic E-state index is 13.5. The minimum Gasteiger partial charge on any atom is -0.497 e. The SMILES string of the molecule is C=C[C@@H]1C[N@]2CCC1C[C@H]2C(Nc1c(Nc2cc(C(F)(F)F)cc(C(F)(F)F)c2)c(=O)c1=O)c1ccnc2ccc(OC)cc12. The lowest BCUT2D eigenvalue weighted by molar-refractivity contribution is -0.143. The summed E-state index contributed by atoms with van der Waals surface area (Å²) in [5.41, 5.74) is -4.95. The Kier molecular flexibility index (Phi) is 7.62. The third-order valence-corrected chi connectivity index (χ3v) is 8.92. The molecule has 1 aromatic heterocycles. The summed E-state index contributed by atoms with van der Waals surface area (Å²) in [6.07, 6.45) is -4.94. The standard InChI is InChI=1S/C32H28F6N4O3/c1-3-16-15-42-9-7-17(16)10-25(42)26(22-6-8-39-24-5-4-21(45-2)14-23(22)24)41-28-27(29(43)30(28)44)40-20-12-18(31(33,34)35)11-19(13-20)32(36,37)38/h3-6,8,11-14,16-17,25-26,40-41H,1,7,9-10,15H2,2H3/t16-,17?,25+,26?/m1/s1. The lowest BCUT2D eigenvalue weighted by Crippen LogP contribution is -2.56. The lowest BCUT2D eigenvalue weighted by atomic mass is 9.73. The molecule has 3 saturated heterocycles. The Morgan fingerprint density at radius 3 is 2.29 bits per heavy atom. The Bertz CT molecular complexity index is 1810. The largest absolute Gasteiger partial charge is 0.497 e. The van der Waals surface area contributed by atoms with Crippen LogP contribution >= 0.6 is 0 Å². The van der Waals surface area contributed by atoms with Crippen LogP contribution in [0.1, 0.15) is 35.6 Å². The summed E-state index contributed by atoms with van der Waals surface area (Å²) in [5.74, 6) is 1.16. The first-order valence-electron chi connectivity index (χ1n) is 14.2. The van der Waals surface area contributed by atoms with Gasteiger partial charge in [-0.2, -0.15) is 26.3 Å². The van der Waals surface area contributed by atoms with Gasteiger partial charge in [0, 0.05) is 29.9 Å². The van der Waals surface area contributed by atoms with Crippen molar-refractivity contribution in [3.05, 3.63) is 98.5 Å². The van der Waals surface area contributed by atoms with Crippen molar-refractivity contribution in [3.8, 4) is 5.75 Å². The van der Waals surface area contributed by atoms with Crippen molar-refractivity contribution in [2.24, 2.45) is 11.8 Å². The molecule has 45 heavy (non-hydrogen) atoms. The van der Waals surface area contributed by atoms with Gasteiger partial charge in [0.05, 0.1) is 29.8 Å². The molecule has 3 aliphatic heterocycles. The van der Waals surface area contributed by atoms with E-state index in [1.807, 2.05) is 6.08 Å². The number of aromatic nitrogens is 1. The summed E-state index contributed by atoms with van der Waals surface area (Å²) in [5, 5.41) is 6.30. The predicted molar refractivity (Wildman–Crippen MR) is 158 cm³/mol. The first kappa shape index (κ1) is 30.6. The highest BCUT2D eigenvalue weighted by Crippen LogP contribution is 2.44. The van der Waals surface area contributed by atoms with Gasteiger partial charge in [-0.1, -0.05) is 6.08 Å². The van der Waals surface area contributed by atoms with Crippen LogP contribution < -0.4 is 26.2 Å². The second-order valence-corrected chi connectivity index (χ2v) is 11.5. The molecule has 2 bridgehead atoms. The van der Waals surface area contributed by atoms with Gasteiger partial charge in [0.25, 0.3) is 10.9 Å². The van der Waals surface area contributed by atoms with Crippen molar-refractivity contribution in [2.75, 3.05) is 30.8 Å². The number of nitrogens with one attached hydrogen (secondary N) is 2. The molecule has 4 aromatic rings. The zero-order valence-electron chi connectivity index (χ0n) is 23.9. The second-order valence-electron chi connectivity index (χ2n) is 11.5. The van der Waals surface area contributed by atoms with E-state index in [2.05, 4.69) is 27.1 Å². The molecule has 0 radical (unpaired) electrons. The summed E-state index contributed by atoms with van der Waals surface area (Å²) >= 11 is 0. The Morgan fingerprint density at radius 1 is 1.00 bits per heavy atom. The normalized spacial score (nSPS) is 22.4. The molecule has 7 nitrogen and oxygen atoms in total.